The van der Waals surface area contributed by atoms with Gasteiger partial charge in [-0.1, -0.05) is 31.9 Å². The van der Waals surface area contributed by atoms with Gasteiger partial charge >= 0.3 is 0 Å². The summed E-state index contributed by atoms with van der Waals surface area (Å²) < 4.78 is 28.4. The lowest BCUT2D eigenvalue weighted by atomic mass is 10.0. The van der Waals surface area contributed by atoms with Gasteiger partial charge in [-0.05, 0) is 46.3 Å². The number of carbonyl (C=O) groups excluding carboxylic acids is 1. The van der Waals surface area contributed by atoms with Gasteiger partial charge in [-0.15, -0.1) is 0 Å². The molecule has 0 unspecified atom stereocenters. The van der Waals surface area contributed by atoms with Crippen molar-refractivity contribution in [2.45, 2.75) is 0 Å². The van der Waals surface area contributed by atoms with Crippen LogP contribution in [-0.2, 0) is 0 Å². The predicted octanol–water partition coefficient (Wildman–Crippen LogP) is 5.48. The zero-order valence-corrected chi connectivity index (χ0v) is 13.9. The minimum atomic E-state index is -0.773. The second-order valence-electron chi connectivity index (χ2n) is 3.70. The van der Waals surface area contributed by atoms with Crippen molar-refractivity contribution in [2.24, 2.45) is 0 Å². The molecule has 0 N–H and O–H groups in total. The van der Waals surface area contributed by atoms with Crippen LogP contribution in [-0.4, -0.2) is 5.78 Å². The van der Waals surface area contributed by atoms with Crippen molar-refractivity contribution < 1.29 is 13.6 Å². The van der Waals surface area contributed by atoms with E-state index < -0.39 is 17.4 Å². The summed E-state index contributed by atoms with van der Waals surface area (Å²) >= 11 is 9.32. The van der Waals surface area contributed by atoms with Crippen molar-refractivity contribution in [1.29, 1.82) is 0 Å². The lowest BCUT2D eigenvalue weighted by Gasteiger charge is -2.07. The Morgan fingerprint density at radius 3 is 2.21 bits per heavy atom. The zero-order valence-electron chi connectivity index (χ0n) is 9.18. The van der Waals surface area contributed by atoms with E-state index >= 15 is 0 Å². The lowest BCUT2D eigenvalue weighted by molar-refractivity contribution is 0.103. The van der Waals surface area contributed by atoms with Gasteiger partial charge in [0.2, 0.25) is 0 Å². The Balaban J connectivity index is 2.56. The maximum Gasteiger partial charge on any atom is 0.197 e. The lowest BCUT2D eigenvalue weighted by Crippen LogP contribution is -2.06. The molecule has 98 valence electrons. The molecule has 0 aliphatic heterocycles. The smallest absolute Gasteiger partial charge is 0.197 e. The van der Waals surface area contributed by atoms with E-state index in [-0.39, 0.29) is 15.6 Å². The van der Waals surface area contributed by atoms with Gasteiger partial charge in [-0.25, -0.2) is 8.78 Å². The molecule has 0 bridgehead atoms. The fourth-order valence-electron chi connectivity index (χ4n) is 1.51. The predicted molar refractivity (Wildman–Crippen MR) is 79.3 cm³/mol. The third-order valence-corrected chi connectivity index (χ3v) is 4.22. The van der Waals surface area contributed by atoms with Crippen LogP contribution < -0.4 is 0 Å². The molecule has 2 rings (SSSR count). The van der Waals surface area contributed by atoms with Crippen molar-refractivity contribution in [3.63, 3.8) is 0 Å². The summed E-state index contributed by atoms with van der Waals surface area (Å²) in [6.45, 7) is 0. The van der Waals surface area contributed by atoms with Crippen LogP contribution in [0.5, 0.6) is 0 Å². The Kier molecular flexibility index (Phi) is 4.53. The largest absolute Gasteiger partial charge is 0.288 e. The summed E-state index contributed by atoms with van der Waals surface area (Å²) in [7, 11) is 0. The van der Waals surface area contributed by atoms with Gasteiger partial charge in [-0.2, -0.15) is 0 Å². The van der Waals surface area contributed by atoms with Crippen LogP contribution in [0.4, 0.5) is 8.78 Å². The SMILES string of the molecule is O=C(c1cc(F)c(Br)cc1F)c1cc(Br)ccc1Br. The van der Waals surface area contributed by atoms with Gasteiger partial charge in [0, 0.05) is 14.5 Å². The average molecular weight is 455 g/mol. The molecular weight excluding hydrogens is 450 g/mol. The van der Waals surface area contributed by atoms with E-state index in [1.165, 1.54) is 0 Å². The van der Waals surface area contributed by atoms with Crippen LogP contribution in [0.3, 0.4) is 0 Å². The first-order valence-electron chi connectivity index (χ1n) is 5.04. The van der Waals surface area contributed by atoms with E-state index in [1.54, 1.807) is 18.2 Å². The molecule has 0 aliphatic carbocycles. The van der Waals surface area contributed by atoms with Crippen molar-refractivity contribution in [3.05, 3.63) is 66.5 Å². The van der Waals surface area contributed by atoms with Crippen LogP contribution in [0, 0.1) is 11.6 Å². The highest BCUT2D eigenvalue weighted by atomic mass is 79.9. The highest BCUT2D eigenvalue weighted by Gasteiger charge is 2.19. The quantitative estimate of drug-likeness (QED) is 0.433. The molecule has 0 atom stereocenters. The molecule has 19 heavy (non-hydrogen) atoms. The van der Waals surface area contributed by atoms with E-state index in [0.29, 0.717) is 8.95 Å². The van der Waals surface area contributed by atoms with E-state index in [9.17, 15) is 13.6 Å². The summed E-state index contributed by atoms with van der Waals surface area (Å²) in [6, 6.07) is 6.76. The van der Waals surface area contributed by atoms with Gasteiger partial charge in [0.05, 0.1) is 10.0 Å². The normalized spacial score (nSPS) is 10.6. The summed E-state index contributed by atoms with van der Waals surface area (Å²) in [5.41, 5.74) is -0.0468. The Labute approximate surface area is 133 Å². The minimum absolute atomic E-state index is 0.0187. The van der Waals surface area contributed by atoms with Gasteiger partial charge < -0.3 is 0 Å². The molecule has 0 fully saturated rings. The highest BCUT2D eigenvalue weighted by molar-refractivity contribution is 9.11. The first kappa shape index (κ1) is 14.8. The van der Waals surface area contributed by atoms with Crippen molar-refractivity contribution >= 4 is 53.6 Å². The standard InChI is InChI=1S/C13H5Br3F2O/c14-6-1-2-9(15)7(3-6)13(19)8-4-12(18)10(16)5-11(8)17/h1-5H. The molecule has 0 heterocycles. The van der Waals surface area contributed by atoms with Gasteiger partial charge in [0.15, 0.2) is 5.78 Å². The van der Waals surface area contributed by atoms with Crippen LogP contribution in [0.15, 0.2) is 43.7 Å². The molecule has 2 aromatic rings. The first-order valence-corrected chi connectivity index (χ1v) is 7.42. The molecule has 0 amide bonds. The number of halogens is 5. The number of hydrogen-bond acceptors (Lipinski definition) is 1. The fourth-order valence-corrected chi connectivity index (χ4v) is 2.62. The second-order valence-corrected chi connectivity index (χ2v) is 6.32. The third kappa shape index (κ3) is 3.12. The Hall–Kier alpha value is -0.590. The number of rotatable bonds is 2. The van der Waals surface area contributed by atoms with E-state index in [4.69, 9.17) is 0 Å². The van der Waals surface area contributed by atoms with Crippen molar-refractivity contribution in [1.82, 2.24) is 0 Å². The molecule has 6 heteroatoms. The molecule has 2 aromatic carbocycles. The second kappa shape index (κ2) is 5.81. The van der Waals surface area contributed by atoms with Crippen LogP contribution in [0.2, 0.25) is 0 Å². The summed E-state index contributed by atoms with van der Waals surface area (Å²) in [5.74, 6) is -2.04. The monoisotopic (exact) mass is 452 g/mol. The third-order valence-electron chi connectivity index (χ3n) is 2.43. The van der Waals surface area contributed by atoms with Crippen molar-refractivity contribution in [3.8, 4) is 0 Å². The molecule has 0 radical (unpaired) electrons. The van der Waals surface area contributed by atoms with Gasteiger partial charge in [0.25, 0.3) is 0 Å². The summed E-state index contributed by atoms with van der Waals surface area (Å²) in [4.78, 5) is 12.2. The zero-order chi connectivity index (χ0) is 14.2. The van der Waals surface area contributed by atoms with Gasteiger partial charge in [-0.3, -0.25) is 4.79 Å². The molecule has 0 saturated heterocycles. The van der Waals surface area contributed by atoms with E-state index in [1.807, 2.05) is 0 Å². The Morgan fingerprint density at radius 2 is 1.53 bits per heavy atom. The fraction of sp³-hybridized carbons (Fsp3) is 0. The van der Waals surface area contributed by atoms with E-state index in [0.717, 1.165) is 12.1 Å². The van der Waals surface area contributed by atoms with Crippen LogP contribution in [0.1, 0.15) is 15.9 Å². The number of hydrogen-bond donors (Lipinski definition) is 0. The number of benzene rings is 2. The van der Waals surface area contributed by atoms with Crippen LogP contribution in [0.25, 0.3) is 0 Å². The molecule has 0 aliphatic rings. The summed E-state index contributed by atoms with van der Waals surface area (Å²) in [5, 5.41) is 0. The first-order chi connectivity index (χ1) is 8.90. The topological polar surface area (TPSA) is 17.1 Å². The highest BCUT2D eigenvalue weighted by Crippen LogP contribution is 2.27. The Bertz CT molecular complexity index is 671. The number of ketones is 1. The summed E-state index contributed by atoms with van der Waals surface area (Å²) in [6.07, 6.45) is 0. The van der Waals surface area contributed by atoms with Gasteiger partial charge in [0.1, 0.15) is 11.6 Å². The molecule has 1 nitrogen and oxygen atoms in total. The van der Waals surface area contributed by atoms with E-state index in [2.05, 4.69) is 47.8 Å². The molecule has 0 aromatic heterocycles. The Morgan fingerprint density at radius 1 is 0.842 bits per heavy atom. The minimum Gasteiger partial charge on any atom is -0.288 e. The maximum atomic E-state index is 13.8. The molecule has 0 spiro atoms. The van der Waals surface area contributed by atoms with Crippen molar-refractivity contribution in [2.75, 3.05) is 0 Å². The average Bonchev–Trinajstić information content (AvgIpc) is 2.36. The maximum absolute atomic E-state index is 13.8. The van der Waals surface area contributed by atoms with Crippen LogP contribution >= 0.6 is 47.8 Å². The number of carbonyl (C=O) groups is 1. The molecular formula is C13H5Br3F2O. The molecule has 0 saturated carbocycles.